The molecule has 0 fully saturated rings. The molecule has 0 aromatic heterocycles. The Morgan fingerprint density at radius 1 is 1.05 bits per heavy atom. The fourth-order valence-corrected chi connectivity index (χ4v) is 3.13. The molecule has 0 atom stereocenters. The molecule has 0 N–H and O–H groups in total. The summed E-state index contributed by atoms with van der Waals surface area (Å²) in [4.78, 5) is 0. The van der Waals surface area contributed by atoms with Crippen LogP contribution in [0.1, 0.15) is 52.2 Å². The van der Waals surface area contributed by atoms with Gasteiger partial charge in [-0.25, -0.2) is 0 Å². The zero-order valence-electron chi connectivity index (χ0n) is 13.9. The summed E-state index contributed by atoms with van der Waals surface area (Å²) in [7, 11) is 1.75. The minimum Gasteiger partial charge on any atom is -0.496 e. The van der Waals surface area contributed by atoms with Crippen LogP contribution in [0.2, 0.25) is 5.02 Å². The smallest absolute Gasteiger partial charge is 0.126 e. The lowest BCUT2D eigenvalue weighted by Crippen LogP contribution is -2.23. The first-order valence-corrected chi connectivity index (χ1v) is 7.81. The summed E-state index contributed by atoms with van der Waals surface area (Å²) in [6.45, 7) is 11.0. The molecule has 1 aromatic rings. The Morgan fingerprint density at radius 2 is 1.67 bits per heavy atom. The highest BCUT2D eigenvalue weighted by Gasteiger charge is 2.32. The second-order valence-corrected chi connectivity index (χ2v) is 7.64. The van der Waals surface area contributed by atoms with Crippen LogP contribution in [0.15, 0.2) is 35.9 Å². The molecule has 0 amide bonds. The summed E-state index contributed by atoms with van der Waals surface area (Å²) in [6.07, 6.45) is 7.68. The van der Waals surface area contributed by atoms with E-state index < -0.39 is 0 Å². The lowest BCUT2D eigenvalue weighted by atomic mass is 9.74. The van der Waals surface area contributed by atoms with Gasteiger partial charge in [-0.1, -0.05) is 64.4 Å². The summed E-state index contributed by atoms with van der Waals surface area (Å²) < 4.78 is 5.79. The van der Waals surface area contributed by atoms with Crippen molar-refractivity contribution < 1.29 is 4.74 Å². The Labute approximate surface area is 133 Å². The Balaban J connectivity index is 2.68. The van der Waals surface area contributed by atoms with Gasteiger partial charge in [-0.2, -0.15) is 0 Å². The van der Waals surface area contributed by atoms with Crippen molar-refractivity contribution in [2.75, 3.05) is 7.11 Å². The molecule has 0 heterocycles. The second-order valence-electron chi connectivity index (χ2n) is 7.21. The average Bonchev–Trinajstić information content (AvgIpc) is 2.91. The van der Waals surface area contributed by atoms with Gasteiger partial charge >= 0.3 is 0 Å². The van der Waals surface area contributed by atoms with Gasteiger partial charge in [0.1, 0.15) is 5.75 Å². The van der Waals surface area contributed by atoms with E-state index in [4.69, 9.17) is 16.3 Å². The minimum absolute atomic E-state index is 0.0129. The lowest BCUT2D eigenvalue weighted by Gasteiger charge is -2.32. The maximum atomic E-state index is 6.40. The average molecular weight is 305 g/mol. The molecule has 2 heteroatoms. The highest BCUT2D eigenvalue weighted by atomic mass is 35.5. The molecule has 1 aliphatic rings. The molecule has 0 unspecified atom stereocenters. The molecule has 0 saturated heterocycles. The molecular formula is C19H25ClO. The van der Waals surface area contributed by atoms with Gasteiger partial charge in [0.05, 0.1) is 7.11 Å². The fraction of sp³-hybridized carbons (Fsp3) is 0.474. The molecule has 1 aliphatic carbocycles. The Bertz CT molecular complexity index is 601. The summed E-state index contributed by atoms with van der Waals surface area (Å²) in [5.41, 5.74) is 3.50. The maximum Gasteiger partial charge on any atom is 0.126 e. The van der Waals surface area contributed by atoms with E-state index in [0.717, 1.165) is 28.3 Å². The molecule has 2 rings (SSSR count). The maximum absolute atomic E-state index is 6.40. The van der Waals surface area contributed by atoms with E-state index in [9.17, 15) is 0 Å². The summed E-state index contributed by atoms with van der Waals surface area (Å²) in [6, 6.07) is 4.07. The zero-order valence-corrected chi connectivity index (χ0v) is 14.6. The van der Waals surface area contributed by atoms with E-state index in [1.165, 1.54) is 5.57 Å². The van der Waals surface area contributed by atoms with Crippen molar-refractivity contribution in [3.63, 3.8) is 0 Å². The van der Waals surface area contributed by atoms with Crippen molar-refractivity contribution in [3.8, 4) is 5.75 Å². The van der Waals surface area contributed by atoms with Crippen molar-refractivity contribution in [2.45, 2.75) is 51.9 Å². The second kappa shape index (κ2) is 5.53. The summed E-state index contributed by atoms with van der Waals surface area (Å²) in [5.74, 6) is 0.957. The summed E-state index contributed by atoms with van der Waals surface area (Å²) in [5, 5.41) is 0.770. The van der Waals surface area contributed by atoms with Crippen LogP contribution in [0.4, 0.5) is 0 Å². The Hall–Kier alpha value is -1.21. The van der Waals surface area contributed by atoms with Crippen LogP contribution in [0.3, 0.4) is 0 Å². The molecular weight excluding hydrogens is 280 g/mol. The predicted molar refractivity (Wildman–Crippen MR) is 91.6 cm³/mol. The lowest BCUT2D eigenvalue weighted by molar-refractivity contribution is 0.384. The highest BCUT2D eigenvalue weighted by molar-refractivity contribution is 6.30. The number of allylic oxidation sites excluding steroid dienone is 4. The van der Waals surface area contributed by atoms with Gasteiger partial charge in [0.25, 0.3) is 0 Å². The molecule has 114 valence electrons. The molecule has 0 radical (unpaired) electrons. The van der Waals surface area contributed by atoms with Crippen molar-refractivity contribution in [1.82, 2.24) is 0 Å². The molecule has 1 nitrogen and oxygen atoms in total. The first-order valence-electron chi connectivity index (χ1n) is 7.43. The third-order valence-corrected chi connectivity index (χ3v) is 4.45. The normalized spacial score (nSPS) is 15.3. The first-order chi connectivity index (χ1) is 9.67. The van der Waals surface area contributed by atoms with Crippen molar-refractivity contribution >= 4 is 11.6 Å². The van der Waals surface area contributed by atoms with Gasteiger partial charge in [-0.15, -0.1) is 0 Å². The Morgan fingerprint density at radius 3 is 2.14 bits per heavy atom. The standard InChI is InChI=1S/C19H25ClO/c1-18(2,3)15-11-14(20)12-16(17(15)21-6)19(4,5)13-9-7-8-10-13/h7,9-12H,8H2,1-6H3. The largest absolute Gasteiger partial charge is 0.496 e. The van der Waals surface area contributed by atoms with Crippen LogP contribution < -0.4 is 4.74 Å². The SMILES string of the molecule is COc1c(C(C)(C)C)cc(Cl)cc1C(C)(C)C1=CCC=C1. The topological polar surface area (TPSA) is 9.23 Å². The van der Waals surface area contributed by atoms with Crippen LogP contribution in [-0.4, -0.2) is 7.11 Å². The third kappa shape index (κ3) is 3.03. The van der Waals surface area contributed by atoms with Crippen LogP contribution in [0.25, 0.3) is 0 Å². The van der Waals surface area contributed by atoms with Gasteiger partial charge in [-0.05, 0) is 29.5 Å². The molecule has 0 bridgehead atoms. The van der Waals surface area contributed by atoms with Gasteiger partial charge in [0.15, 0.2) is 0 Å². The van der Waals surface area contributed by atoms with Crippen LogP contribution in [0, 0.1) is 0 Å². The van der Waals surface area contributed by atoms with E-state index in [2.05, 4.69) is 52.8 Å². The minimum atomic E-state index is -0.122. The van der Waals surface area contributed by atoms with Gasteiger partial charge in [0, 0.05) is 21.6 Å². The summed E-state index contributed by atoms with van der Waals surface area (Å²) >= 11 is 6.40. The van der Waals surface area contributed by atoms with E-state index in [0.29, 0.717) is 0 Å². The third-order valence-electron chi connectivity index (χ3n) is 4.23. The van der Waals surface area contributed by atoms with E-state index in [1.54, 1.807) is 7.11 Å². The fourth-order valence-electron chi connectivity index (χ4n) is 2.91. The van der Waals surface area contributed by atoms with Gasteiger partial charge in [0.2, 0.25) is 0 Å². The number of methoxy groups -OCH3 is 1. The zero-order chi connectivity index (χ0) is 15.8. The number of hydrogen-bond donors (Lipinski definition) is 0. The highest BCUT2D eigenvalue weighted by Crippen LogP contribution is 2.45. The van der Waals surface area contributed by atoms with Gasteiger partial charge in [-0.3, -0.25) is 0 Å². The predicted octanol–water partition coefficient (Wildman–Crippen LogP) is 5.81. The number of hydrogen-bond acceptors (Lipinski definition) is 1. The van der Waals surface area contributed by atoms with E-state index in [-0.39, 0.29) is 10.8 Å². The van der Waals surface area contributed by atoms with Crippen LogP contribution in [0.5, 0.6) is 5.75 Å². The van der Waals surface area contributed by atoms with Crippen molar-refractivity contribution in [2.24, 2.45) is 0 Å². The van der Waals surface area contributed by atoms with Crippen molar-refractivity contribution in [1.29, 1.82) is 0 Å². The van der Waals surface area contributed by atoms with E-state index in [1.807, 2.05) is 12.1 Å². The van der Waals surface area contributed by atoms with E-state index >= 15 is 0 Å². The number of rotatable bonds is 3. The first kappa shape index (κ1) is 16.2. The quantitative estimate of drug-likeness (QED) is 0.684. The molecule has 1 aromatic carbocycles. The molecule has 0 aliphatic heterocycles. The number of ether oxygens (including phenoxy) is 1. The molecule has 0 spiro atoms. The Kier molecular flexibility index (Phi) is 4.26. The molecule has 21 heavy (non-hydrogen) atoms. The molecule has 0 saturated carbocycles. The monoisotopic (exact) mass is 304 g/mol. The number of benzene rings is 1. The van der Waals surface area contributed by atoms with Crippen LogP contribution in [-0.2, 0) is 10.8 Å². The van der Waals surface area contributed by atoms with Gasteiger partial charge < -0.3 is 4.74 Å². The number of halogens is 1. The van der Waals surface area contributed by atoms with Crippen LogP contribution >= 0.6 is 11.6 Å². The van der Waals surface area contributed by atoms with Crippen molar-refractivity contribution in [3.05, 3.63) is 52.1 Å².